The highest BCUT2D eigenvalue weighted by Crippen LogP contribution is 2.20. The molecule has 0 saturated carbocycles. The highest BCUT2D eigenvalue weighted by atomic mass is 35.5. The highest BCUT2D eigenvalue weighted by molar-refractivity contribution is 6.30. The normalized spacial score (nSPS) is 23.6. The number of likely N-dealkylation sites (N-methyl/N-ethyl adjacent to an activating group) is 1. The molecule has 0 bridgehead atoms. The third kappa shape index (κ3) is 4.45. The molecule has 2 rings (SSSR count). The first kappa shape index (κ1) is 16.3. The van der Waals surface area contributed by atoms with E-state index in [-0.39, 0.29) is 17.9 Å². The predicted octanol–water partition coefficient (Wildman–Crippen LogP) is 3.12. The molecule has 1 N–H and O–H groups in total. The summed E-state index contributed by atoms with van der Waals surface area (Å²) < 4.78 is 0. The summed E-state index contributed by atoms with van der Waals surface area (Å²) in [6.45, 7) is 5.20. The van der Waals surface area contributed by atoms with E-state index in [0.717, 1.165) is 30.8 Å². The van der Waals surface area contributed by atoms with Crippen LogP contribution < -0.4 is 5.32 Å². The zero-order chi connectivity index (χ0) is 15.4. The molecule has 1 unspecified atom stereocenters. The van der Waals surface area contributed by atoms with Gasteiger partial charge in [-0.25, -0.2) is 0 Å². The van der Waals surface area contributed by atoms with E-state index in [9.17, 15) is 4.79 Å². The number of halogens is 1. The van der Waals surface area contributed by atoms with Gasteiger partial charge in [0.1, 0.15) is 0 Å². The molecule has 1 aromatic carbocycles. The average Bonchev–Trinajstić information content (AvgIpc) is 2.48. The lowest BCUT2D eigenvalue weighted by Gasteiger charge is -2.33. The van der Waals surface area contributed by atoms with Gasteiger partial charge < -0.3 is 10.2 Å². The summed E-state index contributed by atoms with van der Waals surface area (Å²) in [7, 11) is 1.93. The number of hydrogen-bond donors (Lipinski definition) is 1. The van der Waals surface area contributed by atoms with Crippen molar-refractivity contribution in [3.05, 3.63) is 34.9 Å². The number of nitrogens with one attached hydrogen (secondary N) is 1. The van der Waals surface area contributed by atoms with Crippen molar-refractivity contribution < 1.29 is 4.79 Å². The summed E-state index contributed by atoms with van der Waals surface area (Å²) in [6.07, 6.45) is 2.75. The van der Waals surface area contributed by atoms with Crippen molar-refractivity contribution >= 4 is 17.5 Å². The van der Waals surface area contributed by atoms with Gasteiger partial charge in [-0.05, 0) is 57.4 Å². The van der Waals surface area contributed by atoms with Gasteiger partial charge in [0.05, 0.1) is 0 Å². The molecule has 0 aliphatic carbocycles. The number of hydrogen-bond acceptors (Lipinski definition) is 2. The molecule has 1 amide bonds. The van der Waals surface area contributed by atoms with Crippen LogP contribution in [0.25, 0.3) is 0 Å². The van der Waals surface area contributed by atoms with Crippen molar-refractivity contribution in [2.75, 3.05) is 13.6 Å². The molecule has 0 radical (unpaired) electrons. The van der Waals surface area contributed by atoms with Crippen LogP contribution in [0, 0.1) is 5.92 Å². The minimum Gasteiger partial charge on any atom is -0.342 e. The van der Waals surface area contributed by atoms with Crippen molar-refractivity contribution in [3.8, 4) is 0 Å². The lowest BCUT2D eigenvalue weighted by Crippen LogP contribution is -2.45. The van der Waals surface area contributed by atoms with Crippen molar-refractivity contribution in [2.45, 2.75) is 45.2 Å². The minimum atomic E-state index is 0.166. The topological polar surface area (TPSA) is 32.3 Å². The van der Waals surface area contributed by atoms with E-state index >= 15 is 0 Å². The van der Waals surface area contributed by atoms with Gasteiger partial charge in [0.15, 0.2) is 0 Å². The van der Waals surface area contributed by atoms with E-state index in [1.807, 2.05) is 36.2 Å². The largest absolute Gasteiger partial charge is 0.342 e. The highest BCUT2D eigenvalue weighted by Gasteiger charge is 2.28. The lowest BCUT2D eigenvalue weighted by atomic mass is 9.91. The van der Waals surface area contributed by atoms with E-state index in [2.05, 4.69) is 19.2 Å². The number of piperidine rings is 1. The molecule has 1 aliphatic heterocycles. The summed E-state index contributed by atoms with van der Waals surface area (Å²) in [5.74, 6) is 0.448. The summed E-state index contributed by atoms with van der Waals surface area (Å²) in [4.78, 5) is 14.5. The number of benzene rings is 1. The Bertz CT molecular complexity index is 474. The molecule has 1 heterocycles. The molecule has 0 spiro atoms. The van der Waals surface area contributed by atoms with Crippen LogP contribution in [0.15, 0.2) is 24.3 Å². The first-order chi connectivity index (χ1) is 9.97. The first-order valence-corrected chi connectivity index (χ1v) is 8.09. The second kappa shape index (κ2) is 7.28. The Morgan fingerprint density at radius 1 is 1.43 bits per heavy atom. The Hall–Kier alpha value is -1.06. The van der Waals surface area contributed by atoms with Crippen LogP contribution in [0.1, 0.15) is 32.3 Å². The van der Waals surface area contributed by atoms with E-state index in [1.165, 1.54) is 5.56 Å². The Morgan fingerprint density at radius 2 is 2.10 bits per heavy atom. The second-order valence-corrected chi connectivity index (χ2v) is 6.64. The van der Waals surface area contributed by atoms with Gasteiger partial charge in [-0.15, -0.1) is 0 Å². The maximum Gasteiger partial charge on any atom is 0.225 e. The van der Waals surface area contributed by atoms with Crippen LogP contribution >= 0.6 is 11.6 Å². The predicted molar refractivity (Wildman–Crippen MR) is 87.6 cm³/mol. The Labute approximate surface area is 132 Å². The van der Waals surface area contributed by atoms with Gasteiger partial charge in [0, 0.05) is 30.1 Å². The van der Waals surface area contributed by atoms with Gasteiger partial charge in [0.2, 0.25) is 5.91 Å². The third-order valence-corrected chi connectivity index (χ3v) is 4.68. The van der Waals surface area contributed by atoms with Crippen molar-refractivity contribution in [2.24, 2.45) is 5.92 Å². The summed E-state index contributed by atoms with van der Waals surface area (Å²) in [5, 5.41) is 4.15. The molecular weight excluding hydrogens is 284 g/mol. The van der Waals surface area contributed by atoms with E-state index in [0.29, 0.717) is 6.04 Å². The summed E-state index contributed by atoms with van der Waals surface area (Å²) in [5.41, 5.74) is 1.21. The quantitative estimate of drug-likeness (QED) is 0.927. The maximum absolute atomic E-state index is 12.6. The Balaban J connectivity index is 1.93. The molecule has 4 heteroatoms. The number of carbonyl (C=O) groups excluding carboxylic acids is 1. The molecule has 1 aliphatic rings. The van der Waals surface area contributed by atoms with E-state index in [4.69, 9.17) is 11.6 Å². The molecule has 1 saturated heterocycles. The molecule has 116 valence electrons. The van der Waals surface area contributed by atoms with Crippen LogP contribution in [0.4, 0.5) is 0 Å². The number of amides is 1. The van der Waals surface area contributed by atoms with Crippen LogP contribution in [0.3, 0.4) is 0 Å². The molecule has 21 heavy (non-hydrogen) atoms. The summed E-state index contributed by atoms with van der Waals surface area (Å²) in [6, 6.07) is 8.50. The molecular formula is C17H25ClN2O. The number of nitrogens with zero attached hydrogens (tertiary/aromatic N) is 1. The minimum absolute atomic E-state index is 0.166. The Kier molecular flexibility index (Phi) is 5.65. The molecule has 1 aromatic rings. The van der Waals surface area contributed by atoms with Gasteiger partial charge in [-0.2, -0.15) is 0 Å². The van der Waals surface area contributed by atoms with Gasteiger partial charge in [-0.3, -0.25) is 4.79 Å². The molecule has 3 nitrogen and oxygen atoms in total. The molecule has 1 fully saturated rings. The standard InChI is InChI=1S/C17H25ClN2O/c1-12-10-15(8-9-19-12)17(21)20(3)13(2)11-14-4-6-16(18)7-5-14/h4-7,12-13,15,19H,8-11H2,1-3H3/t12-,13?,15-/m0/s1. The smallest absolute Gasteiger partial charge is 0.225 e. The van der Waals surface area contributed by atoms with Crippen LogP contribution in [0.5, 0.6) is 0 Å². The van der Waals surface area contributed by atoms with Gasteiger partial charge in [0.25, 0.3) is 0 Å². The monoisotopic (exact) mass is 308 g/mol. The fraction of sp³-hybridized carbons (Fsp3) is 0.588. The molecule has 3 atom stereocenters. The van der Waals surface area contributed by atoms with Crippen LogP contribution in [-0.4, -0.2) is 36.5 Å². The van der Waals surface area contributed by atoms with Crippen molar-refractivity contribution in [1.29, 1.82) is 0 Å². The fourth-order valence-corrected chi connectivity index (χ4v) is 3.09. The SMILES string of the molecule is CC(Cc1ccc(Cl)cc1)N(C)C(=O)[C@H]1CCN[C@@H](C)C1. The zero-order valence-corrected chi connectivity index (χ0v) is 13.9. The average molecular weight is 309 g/mol. The Morgan fingerprint density at radius 3 is 2.71 bits per heavy atom. The fourth-order valence-electron chi connectivity index (χ4n) is 2.96. The van der Waals surface area contributed by atoms with E-state index in [1.54, 1.807) is 0 Å². The van der Waals surface area contributed by atoms with Crippen LogP contribution in [0.2, 0.25) is 5.02 Å². The van der Waals surface area contributed by atoms with Crippen molar-refractivity contribution in [3.63, 3.8) is 0 Å². The third-order valence-electron chi connectivity index (χ3n) is 4.43. The number of rotatable bonds is 4. The van der Waals surface area contributed by atoms with Crippen LogP contribution in [-0.2, 0) is 11.2 Å². The number of carbonyl (C=O) groups is 1. The zero-order valence-electron chi connectivity index (χ0n) is 13.1. The van der Waals surface area contributed by atoms with Gasteiger partial charge >= 0.3 is 0 Å². The van der Waals surface area contributed by atoms with E-state index < -0.39 is 0 Å². The van der Waals surface area contributed by atoms with Gasteiger partial charge in [-0.1, -0.05) is 23.7 Å². The molecule has 0 aromatic heterocycles. The second-order valence-electron chi connectivity index (χ2n) is 6.21. The van der Waals surface area contributed by atoms with Crippen molar-refractivity contribution in [1.82, 2.24) is 10.2 Å². The maximum atomic E-state index is 12.6. The summed E-state index contributed by atoms with van der Waals surface area (Å²) >= 11 is 5.91. The first-order valence-electron chi connectivity index (χ1n) is 7.72. The lowest BCUT2D eigenvalue weighted by molar-refractivity contribution is -0.137.